The maximum absolute atomic E-state index is 13.2. The maximum atomic E-state index is 13.2. The summed E-state index contributed by atoms with van der Waals surface area (Å²) in [4.78, 5) is 39.0. The van der Waals surface area contributed by atoms with Crippen molar-refractivity contribution >= 4 is 17.8 Å². The number of halogens is 3. The van der Waals surface area contributed by atoms with Gasteiger partial charge in [0.25, 0.3) is 5.91 Å². The minimum atomic E-state index is -4.64. The van der Waals surface area contributed by atoms with E-state index in [0.717, 1.165) is 12.1 Å². The zero-order valence-electron chi connectivity index (χ0n) is 14.6. The lowest BCUT2D eigenvalue weighted by Gasteiger charge is -2.45. The zero-order chi connectivity index (χ0) is 20.0. The first-order valence-corrected chi connectivity index (χ1v) is 8.53. The Labute approximate surface area is 153 Å². The van der Waals surface area contributed by atoms with E-state index in [1.165, 1.54) is 21.9 Å². The molecular formula is C18H19F3N2O4. The van der Waals surface area contributed by atoms with E-state index in [1.807, 2.05) is 0 Å². The van der Waals surface area contributed by atoms with Crippen LogP contribution in [0.2, 0.25) is 0 Å². The lowest BCUT2D eigenvalue weighted by molar-refractivity contribution is -0.146. The van der Waals surface area contributed by atoms with E-state index in [0.29, 0.717) is 0 Å². The summed E-state index contributed by atoms with van der Waals surface area (Å²) in [6, 6.07) is 4.60. The predicted molar refractivity (Wildman–Crippen MR) is 87.8 cm³/mol. The fraction of sp³-hybridized carbons (Fsp3) is 0.500. The third-order valence-electron chi connectivity index (χ3n) is 5.75. The number of alkyl halides is 3. The van der Waals surface area contributed by atoms with Gasteiger partial charge in [-0.3, -0.25) is 14.4 Å². The molecule has 6 nitrogen and oxygen atoms in total. The highest BCUT2D eigenvalue weighted by Crippen LogP contribution is 2.43. The van der Waals surface area contributed by atoms with Gasteiger partial charge >= 0.3 is 12.1 Å². The first kappa shape index (κ1) is 19.2. The number of carbonyl (C=O) groups excluding carboxylic acids is 2. The number of hydrogen-bond donors (Lipinski definition) is 1. The van der Waals surface area contributed by atoms with Crippen LogP contribution in [0.25, 0.3) is 0 Å². The molecule has 27 heavy (non-hydrogen) atoms. The lowest BCUT2D eigenvalue weighted by Crippen LogP contribution is -2.57. The van der Waals surface area contributed by atoms with Crippen molar-refractivity contribution in [2.75, 3.05) is 20.1 Å². The number of benzene rings is 1. The van der Waals surface area contributed by atoms with Crippen molar-refractivity contribution in [3.8, 4) is 0 Å². The minimum absolute atomic E-state index is 0.0897. The van der Waals surface area contributed by atoms with Gasteiger partial charge in [-0.1, -0.05) is 12.1 Å². The van der Waals surface area contributed by atoms with Gasteiger partial charge in [-0.05, 0) is 25.0 Å². The minimum Gasteiger partial charge on any atom is -0.481 e. The van der Waals surface area contributed by atoms with Gasteiger partial charge in [0.2, 0.25) is 5.91 Å². The van der Waals surface area contributed by atoms with Crippen molar-refractivity contribution in [2.24, 2.45) is 5.92 Å². The number of piperidine rings is 1. The molecule has 0 radical (unpaired) electrons. The first-order valence-electron chi connectivity index (χ1n) is 8.53. The molecule has 2 fully saturated rings. The van der Waals surface area contributed by atoms with Crippen LogP contribution in [0.1, 0.15) is 35.2 Å². The van der Waals surface area contributed by atoms with Gasteiger partial charge in [0.1, 0.15) is 0 Å². The van der Waals surface area contributed by atoms with Crippen molar-refractivity contribution in [1.29, 1.82) is 0 Å². The molecule has 1 atom stereocenters. The molecule has 1 spiro atoms. The second kappa shape index (κ2) is 6.54. The molecule has 2 aliphatic heterocycles. The van der Waals surface area contributed by atoms with Gasteiger partial charge in [0.15, 0.2) is 0 Å². The van der Waals surface area contributed by atoms with Crippen LogP contribution in [-0.4, -0.2) is 58.4 Å². The van der Waals surface area contributed by atoms with E-state index >= 15 is 0 Å². The highest BCUT2D eigenvalue weighted by molar-refractivity contribution is 5.96. The number of amides is 2. The Hall–Kier alpha value is -2.58. The molecule has 0 saturated carbocycles. The molecule has 2 heterocycles. The van der Waals surface area contributed by atoms with Gasteiger partial charge in [0, 0.05) is 26.6 Å². The van der Waals surface area contributed by atoms with E-state index in [2.05, 4.69) is 0 Å². The van der Waals surface area contributed by atoms with Crippen molar-refractivity contribution < 1.29 is 32.7 Å². The van der Waals surface area contributed by atoms with Crippen molar-refractivity contribution in [3.63, 3.8) is 0 Å². The van der Waals surface area contributed by atoms with E-state index in [9.17, 15) is 32.7 Å². The van der Waals surface area contributed by atoms with Crippen LogP contribution in [-0.2, 0) is 15.8 Å². The van der Waals surface area contributed by atoms with E-state index in [4.69, 9.17) is 0 Å². The second-order valence-electron chi connectivity index (χ2n) is 6.99. The third-order valence-corrected chi connectivity index (χ3v) is 5.75. The Morgan fingerprint density at radius 3 is 2.33 bits per heavy atom. The summed E-state index contributed by atoms with van der Waals surface area (Å²) >= 11 is 0. The van der Waals surface area contributed by atoms with Crippen molar-refractivity contribution in [2.45, 2.75) is 31.0 Å². The smallest absolute Gasteiger partial charge is 0.417 e. The lowest BCUT2D eigenvalue weighted by atomic mass is 9.77. The summed E-state index contributed by atoms with van der Waals surface area (Å²) in [5.74, 6) is -2.97. The Morgan fingerprint density at radius 1 is 1.19 bits per heavy atom. The number of nitrogens with zero attached hydrogens (tertiary/aromatic N) is 2. The predicted octanol–water partition coefficient (Wildman–Crippen LogP) is 2.24. The number of aliphatic carboxylic acids is 1. The Morgan fingerprint density at radius 2 is 1.78 bits per heavy atom. The summed E-state index contributed by atoms with van der Waals surface area (Å²) in [5, 5.41) is 9.46. The van der Waals surface area contributed by atoms with Crippen LogP contribution in [0.15, 0.2) is 24.3 Å². The Kier molecular flexibility index (Phi) is 4.65. The van der Waals surface area contributed by atoms with Crippen LogP contribution >= 0.6 is 0 Å². The average Bonchev–Trinajstić information content (AvgIpc) is 2.86. The Balaban J connectivity index is 1.82. The van der Waals surface area contributed by atoms with Gasteiger partial charge in [-0.15, -0.1) is 0 Å². The Bertz CT molecular complexity index is 785. The number of carboxylic acids is 1. The van der Waals surface area contributed by atoms with Crippen LogP contribution in [0.4, 0.5) is 13.2 Å². The molecule has 9 heteroatoms. The monoisotopic (exact) mass is 384 g/mol. The molecule has 1 aromatic carbocycles. The summed E-state index contributed by atoms with van der Waals surface area (Å²) < 4.78 is 39.5. The number of carbonyl (C=O) groups is 3. The number of rotatable bonds is 2. The van der Waals surface area contributed by atoms with Gasteiger partial charge in [0.05, 0.1) is 22.6 Å². The molecule has 3 rings (SSSR count). The molecular weight excluding hydrogens is 365 g/mol. The largest absolute Gasteiger partial charge is 0.481 e. The summed E-state index contributed by atoms with van der Waals surface area (Å²) in [6.45, 7) is 0.179. The number of carboxylic acid groups (broad SMARTS) is 1. The average molecular weight is 384 g/mol. The van der Waals surface area contributed by atoms with Gasteiger partial charge in [-0.25, -0.2) is 0 Å². The quantitative estimate of drug-likeness (QED) is 0.848. The highest BCUT2D eigenvalue weighted by atomic mass is 19.4. The number of hydrogen-bond acceptors (Lipinski definition) is 3. The SMILES string of the molecule is CN1C(=O)CC(C(=O)O)C12CCN(C(=O)c1ccccc1C(F)(F)F)CC2. The third kappa shape index (κ3) is 3.15. The molecule has 1 N–H and O–H groups in total. The molecule has 146 valence electrons. The molecule has 2 saturated heterocycles. The second-order valence-corrected chi connectivity index (χ2v) is 6.99. The molecule has 1 unspecified atom stereocenters. The standard InChI is InChI=1S/C18H19F3N2O4/c1-22-14(24)10-13(16(26)27)17(22)6-8-23(9-7-17)15(25)11-4-2-3-5-12(11)18(19,20)21/h2-5,13H,6-10H2,1H3,(H,26,27). The van der Waals surface area contributed by atoms with Crippen LogP contribution in [0.3, 0.4) is 0 Å². The molecule has 0 aromatic heterocycles. The van der Waals surface area contributed by atoms with E-state index in [-0.39, 0.29) is 38.3 Å². The molecule has 0 bridgehead atoms. The van der Waals surface area contributed by atoms with Gasteiger partial charge < -0.3 is 14.9 Å². The molecule has 2 aliphatic rings. The van der Waals surface area contributed by atoms with Crippen LogP contribution in [0, 0.1) is 5.92 Å². The molecule has 2 amide bonds. The highest BCUT2D eigenvalue weighted by Gasteiger charge is 2.55. The van der Waals surface area contributed by atoms with Gasteiger partial charge in [-0.2, -0.15) is 13.2 Å². The first-order chi connectivity index (χ1) is 12.6. The fourth-order valence-corrected chi connectivity index (χ4v) is 4.17. The van der Waals surface area contributed by atoms with E-state index in [1.54, 1.807) is 7.05 Å². The topological polar surface area (TPSA) is 77.9 Å². The fourth-order valence-electron chi connectivity index (χ4n) is 4.17. The normalized spacial score (nSPS) is 22.4. The molecule has 0 aliphatic carbocycles. The van der Waals surface area contributed by atoms with Crippen molar-refractivity contribution in [3.05, 3.63) is 35.4 Å². The van der Waals surface area contributed by atoms with E-state index < -0.39 is 40.6 Å². The van der Waals surface area contributed by atoms with Crippen LogP contribution in [0.5, 0.6) is 0 Å². The summed E-state index contributed by atoms with van der Waals surface area (Å²) in [6.07, 6.45) is -4.31. The zero-order valence-corrected chi connectivity index (χ0v) is 14.6. The maximum Gasteiger partial charge on any atom is 0.417 e. The number of likely N-dealkylation sites (tertiary alicyclic amines) is 2. The van der Waals surface area contributed by atoms with Crippen LogP contribution < -0.4 is 0 Å². The molecule has 1 aromatic rings. The summed E-state index contributed by atoms with van der Waals surface area (Å²) in [7, 11) is 1.54. The van der Waals surface area contributed by atoms with Crippen molar-refractivity contribution in [1.82, 2.24) is 9.80 Å². The summed E-state index contributed by atoms with van der Waals surface area (Å²) in [5.41, 5.74) is -2.32.